The Morgan fingerprint density at radius 3 is 2.70 bits per heavy atom. The molecule has 0 bridgehead atoms. The zero-order valence-electron chi connectivity index (χ0n) is 11.0. The van der Waals surface area contributed by atoms with Crippen LogP contribution in [0, 0.1) is 17.7 Å². The van der Waals surface area contributed by atoms with Gasteiger partial charge in [-0.3, -0.25) is 4.79 Å². The third-order valence-electron chi connectivity index (χ3n) is 3.10. The molecule has 106 valence electrons. The van der Waals surface area contributed by atoms with Gasteiger partial charge in [-0.15, -0.1) is 0 Å². The van der Waals surface area contributed by atoms with E-state index in [-0.39, 0.29) is 31.4 Å². The second-order valence-electron chi connectivity index (χ2n) is 4.61. The predicted molar refractivity (Wildman–Crippen MR) is 71.5 cm³/mol. The van der Waals surface area contributed by atoms with Crippen molar-refractivity contribution in [3.05, 3.63) is 35.1 Å². The Hall–Kier alpha value is -1.90. The van der Waals surface area contributed by atoms with Crippen LogP contribution in [-0.2, 0) is 0 Å². The minimum atomic E-state index is -0.636. The molecule has 1 aromatic carbocycles. The summed E-state index contributed by atoms with van der Waals surface area (Å²) < 4.78 is 14.0. The molecule has 0 unspecified atom stereocenters. The van der Waals surface area contributed by atoms with Crippen LogP contribution in [0.25, 0.3) is 0 Å². The van der Waals surface area contributed by atoms with Crippen LogP contribution in [0.5, 0.6) is 0 Å². The number of amides is 1. The number of hydrogen-bond acceptors (Lipinski definition) is 3. The molecule has 0 saturated heterocycles. The molecule has 20 heavy (non-hydrogen) atoms. The van der Waals surface area contributed by atoms with Gasteiger partial charge in [-0.25, -0.2) is 4.39 Å². The molecule has 1 aliphatic rings. The molecule has 0 spiro atoms. The predicted octanol–water partition coefficient (Wildman–Crippen LogP) is 0.766. The van der Waals surface area contributed by atoms with E-state index < -0.39 is 11.7 Å². The summed E-state index contributed by atoms with van der Waals surface area (Å²) in [5.74, 6) is 3.97. The van der Waals surface area contributed by atoms with Crippen molar-refractivity contribution in [3.63, 3.8) is 0 Å². The lowest BCUT2D eigenvalue weighted by atomic mass is 10.1. The summed E-state index contributed by atoms with van der Waals surface area (Å²) in [6.07, 6.45) is 1.79. The van der Waals surface area contributed by atoms with Crippen LogP contribution in [-0.4, -0.2) is 46.8 Å². The van der Waals surface area contributed by atoms with Gasteiger partial charge in [0, 0.05) is 18.2 Å². The van der Waals surface area contributed by atoms with Gasteiger partial charge in [-0.2, -0.15) is 0 Å². The van der Waals surface area contributed by atoms with Gasteiger partial charge in [0.15, 0.2) is 0 Å². The van der Waals surface area contributed by atoms with E-state index >= 15 is 0 Å². The maximum atomic E-state index is 14.0. The van der Waals surface area contributed by atoms with E-state index in [4.69, 9.17) is 10.2 Å². The average Bonchev–Trinajstić information content (AvgIpc) is 3.26. The van der Waals surface area contributed by atoms with Gasteiger partial charge < -0.3 is 15.1 Å². The highest BCUT2D eigenvalue weighted by Gasteiger charge is 2.33. The lowest BCUT2D eigenvalue weighted by Gasteiger charge is -2.21. The van der Waals surface area contributed by atoms with E-state index in [1.54, 1.807) is 6.07 Å². The van der Waals surface area contributed by atoms with E-state index in [2.05, 4.69) is 11.8 Å². The third kappa shape index (κ3) is 3.35. The number of nitrogens with zero attached hydrogens (tertiary/aromatic N) is 1. The van der Waals surface area contributed by atoms with E-state index in [1.165, 1.54) is 17.0 Å². The Morgan fingerprint density at radius 1 is 1.40 bits per heavy atom. The van der Waals surface area contributed by atoms with Crippen molar-refractivity contribution in [2.24, 2.45) is 0 Å². The molecule has 0 aliphatic heterocycles. The van der Waals surface area contributed by atoms with Crippen LogP contribution >= 0.6 is 0 Å². The van der Waals surface area contributed by atoms with Gasteiger partial charge in [0.2, 0.25) is 0 Å². The van der Waals surface area contributed by atoms with Crippen molar-refractivity contribution >= 4 is 5.91 Å². The lowest BCUT2D eigenvalue weighted by molar-refractivity contribution is 0.0703. The van der Waals surface area contributed by atoms with Crippen molar-refractivity contribution < 1.29 is 19.4 Å². The molecule has 1 saturated carbocycles. The fourth-order valence-electron chi connectivity index (χ4n) is 2.01. The van der Waals surface area contributed by atoms with Gasteiger partial charge >= 0.3 is 0 Å². The molecule has 2 N–H and O–H groups in total. The minimum Gasteiger partial charge on any atom is -0.395 e. The summed E-state index contributed by atoms with van der Waals surface area (Å²) >= 11 is 0. The Bertz CT molecular complexity index is 558. The summed E-state index contributed by atoms with van der Waals surface area (Å²) in [6, 6.07) is 4.23. The molecule has 1 aromatic rings. The minimum absolute atomic E-state index is 0.0140. The third-order valence-corrected chi connectivity index (χ3v) is 3.10. The summed E-state index contributed by atoms with van der Waals surface area (Å²) in [5, 5.41) is 17.6. The highest BCUT2D eigenvalue weighted by atomic mass is 19.1. The second kappa shape index (κ2) is 6.51. The zero-order valence-corrected chi connectivity index (χ0v) is 11.0. The van der Waals surface area contributed by atoms with Crippen LogP contribution in [0.3, 0.4) is 0 Å². The number of hydrogen-bond donors (Lipinski definition) is 2. The Kier molecular flexibility index (Phi) is 4.72. The normalized spacial score (nSPS) is 13.6. The van der Waals surface area contributed by atoms with E-state index in [0.29, 0.717) is 5.56 Å². The molecule has 2 rings (SSSR count). The lowest BCUT2D eigenvalue weighted by Crippen LogP contribution is -2.36. The SMILES string of the molecule is O=C(c1ccc(C#CCO)cc1F)N(CCO)C1CC1. The van der Waals surface area contributed by atoms with Crippen LogP contribution in [0.1, 0.15) is 28.8 Å². The fourth-order valence-corrected chi connectivity index (χ4v) is 2.01. The first kappa shape index (κ1) is 14.5. The van der Waals surface area contributed by atoms with Crippen molar-refractivity contribution in [2.75, 3.05) is 19.8 Å². The molecular formula is C15H16FNO3. The average molecular weight is 277 g/mol. The maximum absolute atomic E-state index is 14.0. The molecule has 0 aromatic heterocycles. The highest BCUT2D eigenvalue weighted by Crippen LogP contribution is 2.28. The first-order chi connectivity index (χ1) is 9.67. The van der Waals surface area contributed by atoms with Crippen molar-refractivity contribution in [1.82, 2.24) is 4.90 Å². The van der Waals surface area contributed by atoms with Gasteiger partial charge in [0.05, 0.1) is 12.2 Å². The zero-order chi connectivity index (χ0) is 14.5. The maximum Gasteiger partial charge on any atom is 0.257 e. The largest absolute Gasteiger partial charge is 0.395 e. The number of rotatable bonds is 4. The van der Waals surface area contributed by atoms with Crippen LogP contribution in [0.15, 0.2) is 18.2 Å². The highest BCUT2D eigenvalue weighted by molar-refractivity contribution is 5.95. The van der Waals surface area contributed by atoms with E-state index in [0.717, 1.165) is 12.8 Å². The Labute approximate surface area is 116 Å². The van der Waals surface area contributed by atoms with Crippen LogP contribution in [0.4, 0.5) is 4.39 Å². The number of aliphatic hydroxyl groups excluding tert-OH is 2. The Morgan fingerprint density at radius 2 is 2.15 bits per heavy atom. The quantitative estimate of drug-likeness (QED) is 0.799. The van der Waals surface area contributed by atoms with Crippen molar-refractivity contribution in [2.45, 2.75) is 18.9 Å². The first-order valence-corrected chi connectivity index (χ1v) is 6.48. The standard InChI is InChI=1S/C15H16FNO3/c16-14-10-11(2-1-8-18)3-6-13(14)15(20)17(7-9-19)12-4-5-12/h3,6,10,12,18-19H,4-5,7-9H2. The fraction of sp³-hybridized carbons (Fsp3) is 0.400. The number of halogens is 1. The van der Waals surface area contributed by atoms with Gasteiger partial charge in [0.1, 0.15) is 12.4 Å². The van der Waals surface area contributed by atoms with Gasteiger partial charge in [0.25, 0.3) is 5.91 Å². The molecule has 0 heterocycles. The van der Waals surface area contributed by atoms with Crippen LogP contribution < -0.4 is 0 Å². The van der Waals surface area contributed by atoms with Crippen LogP contribution in [0.2, 0.25) is 0 Å². The summed E-state index contributed by atoms with van der Waals surface area (Å²) in [6.45, 7) is -0.215. The molecule has 0 atom stereocenters. The topological polar surface area (TPSA) is 60.8 Å². The van der Waals surface area contributed by atoms with Gasteiger partial charge in [-0.1, -0.05) is 11.8 Å². The molecule has 5 heteroatoms. The molecule has 1 aliphatic carbocycles. The monoisotopic (exact) mass is 277 g/mol. The first-order valence-electron chi connectivity index (χ1n) is 6.48. The van der Waals surface area contributed by atoms with Crippen molar-refractivity contribution in [1.29, 1.82) is 0 Å². The molecule has 0 radical (unpaired) electrons. The number of benzene rings is 1. The molecule has 1 fully saturated rings. The number of carbonyl (C=O) groups is 1. The smallest absolute Gasteiger partial charge is 0.257 e. The van der Waals surface area contributed by atoms with Gasteiger partial charge in [-0.05, 0) is 31.0 Å². The number of carbonyl (C=O) groups excluding carboxylic acids is 1. The Balaban J connectivity index is 2.21. The summed E-state index contributed by atoms with van der Waals surface area (Å²) in [4.78, 5) is 13.8. The second-order valence-corrected chi connectivity index (χ2v) is 4.61. The molecule has 4 nitrogen and oxygen atoms in total. The number of aliphatic hydroxyl groups is 2. The molecular weight excluding hydrogens is 261 g/mol. The van der Waals surface area contributed by atoms with Crippen molar-refractivity contribution in [3.8, 4) is 11.8 Å². The molecule has 1 amide bonds. The summed E-state index contributed by atoms with van der Waals surface area (Å²) in [5.41, 5.74) is 0.396. The van der Waals surface area contributed by atoms with E-state index in [1.807, 2.05) is 0 Å². The van der Waals surface area contributed by atoms with E-state index in [9.17, 15) is 9.18 Å². The summed E-state index contributed by atoms with van der Waals surface area (Å²) in [7, 11) is 0.